The van der Waals surface area contributed by atoms with E-state index in [9.17, 15) is 4.79 Å². The molecule has 1 aliphatic heterocycles. The standard InChI is InChI=1S/C25H29N3O2/c1-20(23-10-7-17-30-23)28(24-11-5-6-14-26-24)25(29)19-27-15-12-22(13-16-27)18-21-8-3-2-4-9-21/h2-11,14,17,20,22H,12-13,15-16,18-19H2,1H3/t20-/m1/s1. The van der Waals surface area contributed by atoms with E-state index in [0.29, 0.717) is 18.3 Å². The van der Waals surface area contributed by atoms with Gasteiger partial charge in [-0.25, -0.2) is 4.98 Å². The summed E-state index contributed by atoms with van der Waals surface area (Å²) in [4.78, 5) is 21.8. The first-order chi connectivity index (χ1) is 14.7. The van der Waals surface area contributed by atoms with E-state index in [2.05, 4.69) is 40.2 Å². The second-order valence-electron chi connectivity index (χ2n) is 8.05. The molecule has 0 bridgehead atoms. The minimum Gasteiger partial charge on any atom is -0.467 e. The van der Waals surface area contributed by atoms with Gasteiger partial charge in [0.15, 0.2) is 0 Å². The van der Waals surface area contributed by atoms with Crippen molar-refractivity contribution in [1.82, 2.24) is 9.88 Å². The second-order valence-corrected chi connectivity index (χ2v) is 8.05. The van der Waals surface area contributed by atoms with Crippen molar-refractivity contribution in [1.29, 1.82) is 0 Å². The first-order valence-corrected chi connectivity index (χ1v) is 10.7. The highest BCUT2D eigenvalue weighted by atomic mass is 16.3. The number of hydrogen-bond acceptors (Lipinski definition) is 4. The van der Waals surface area contributed by atoms with Crippen molar-refractivity contribution in [3.05, 3.63) is 84.4 Å². The third kappa shape index (κ3) is 4.97. The van der Waals surface area contributed by atoms with E-state index in [-0.39, 0.29) is 11.9 Å². The summed E-state index contributed by atoms with van der Waals surface area (Å²) in [5, 5.41) is 0. The molecule has 0 unspecified atom stereocenters. The van der Waals surface area contributed by atoms with Crippen molar-refractivity contribution in [2.24, 2.45) is 5.92 Å². The second kappa shape index (κ2) is 9.72. The average molecular weight is 404 g/mol. The summed E-state index contributed by atoms with van der Waals surface area (Å²) in [6.07, 6.45) is 6.74. The zero-order valence-corrected chi connectivity index (χ0v) is 17.5. The summed E-state index contributed by atoms with van der Waals surface area (Å²) >= 11 is 0. The van der Waals surface area contributed by atoms with Crippen LogP contribution in [0.1, 0.15) is 37.1 Å². The van der Waals surface area contributed by atoms with Crippen LogP contribution in [0.4, 0.5) is 5.82 Å². The average Bonchev–Trinajstić information content (AvgIpc) is 3.32. The van der Waals surface area contributed by atoms with E-state index in [1.54, 1.807) is 17.4 Å². The van der Waals surface area contributed by atoms with Crippen LogP contribution in [0.2, 0.25) is 0 Å². The third-order valence-corrected chi connectivity index (χ3v) is 5.94. The van der Waals surface area contributed by atoms with Gasteiger partial charge in [0.25, 0.3) is 0 Å². The fraction of sp³-hybridized carbons (Fsp3) is 0.360. The topological polar surface area (TPSA) is 49.6 Å². The van der Waals surface area contributed by atoms with E-state index < -0.39 is 0 Å². The number of nitrogens with zero attached hydrogens (tertiary/aromatic N) is 3. The maximum absolute atomic E-state index is 13.3. The van der Waals surface area contributed by atoms with E-state index in [1.807, 2.05) is 37.3 Å². The lowest BCUT2D eigenvalue weighted by Gasteiger charge is -2.34. The molecule has 1 aliphatic rings. The van der Waals surface area contributed by atoms with Crippen LogP contribution in [0, 0.1) is 5.92 Å². The van der Waals surface area contributed by atoms with Crippen LogP contribution < -0.4 is 4.90 Å². The van der Waals surface area contributed by atoms with Crippen LogP contribution in [-0.4, -0.2) is 35.4 Å². The lowest BCUT2D eigenvalue weighted by Crippen LogP contribution is -2.44. The van der Waals surface area contributed by atoms with Crippen LogP contribution in [0.15, 0.2) is 77.5 Å². The predicted molar refractivity (Wildman–Crippen MR) is 118 cm³/mol. The Balaban J connectivity index is 1.38. The summed E-state index contributed by atoms with van der Waals surface area (Å²) in [7, 11) is 0. The molecule has 1 atom stereocenters. The molecule has 3 heterocycles. The Morgan fingerprint density at radius 1 is 1.10 bits per heavy atom. The quantitative estimate of drug-likeness (QED) is 0.573. The molecule has 0 N–H and O–H groups in total. The Morgan fingerprint density at radius 3 is 2.53 bits per heavy atom. The van der Waals surface area contributed by atoms with Gasteiger partial charge in [-0.15, -0.1) is 0 Å². The summed E-state index contributed by atoms with van der Waals surface area (Å²) in [6.45, 7) is 4.29. The normalized spacial score (nSPS) is 16.3. The van der Waals surface area contributed by atoms with Crippen molar-refractivity contribution in [3.8, 4) is 0 Å². The fourth-order valence-electron chi connectivity index (χ4n) is 4.26. The summed E-state index contributed by atoms with van der Waals surface area (Å²) in [5.41, 5.74) is 1.40. The molecular weight excluding hydrogens is 374 g/mol. The highest BCUT2D eigenvalue weighted by Gasteiger charge is 2.29. The van der Waals surface area contributed by atoms with Crippen LogP contribution >= 0.6 is 0 Å². The van der Waals surface area contributed by atoms with Crippen LogP contribution in [0.25, 0.3) is 0 Å². The minimum absolute atomic E-state index is 0.0547. The summed E-state index contributed by atoms with van der Waals surface area (Å²) in [6, 6.07) is 19.9. The lowest BCUT2D eigenvalue weighted by molar-refractivity contribution is -0.120. The molecule has 1 fully saturated rings. The number of likely N-dealkylation sites (tertiary alicyclic amines) is 1. The number of pyridine rings is 1. The molecule has 1 amide bonds. The first kappa shape index (κ1) is 20.4. The highest BCUT2D eigenvalue weighted by Crippen LogP contribution is 2.27. The van der Waals surface area contributed by atoms with Crippen LogP contribution in [0.5, 0.6) is 0 Å². The van der Waals surface area contributed by atoms with Gasteiger partial charge in [-0.2, -0.15) is 0 Å². The van der Waals surface area contributed by atoms with Gasteiger partial charge < -0.3 is 4.42 Å². The molecule has 0 spiro atoms. The molecule has 5 heteroatoms. The highest BCUT2D eigenvalue weighted by molar-refractivity contribution is 5.94. The molecule has 0 radical (unpaired) electrons. The van der Waals surface area contributed by atoms with Gasteiger partial charge in [-0.3, -0.25) is 14.6 Å². The van der Waals surface area contributed by atoms with Crippen molar-refractivity contribution < 1.29 is 9.21 Å². The number of benzene rings is 1. The molecule has 0 aliphatic carbocycles. The summed E-state index contributed by atoms with van der Waals surface area (Å²) in [5.74, 6) is 2.16. The molecule has 3 aromatic rings. The van der Waals surface area contributed by atoms with Gasteiger partial charge in [0, 0.05) is 6.20 Å². The molecule has 156 valence electrons. The minimum atomic E-state index is -0.210. The van der Waals surface area contributed by atoms with E-state index >= 15 is 0 Å². The number of carbonyl (C=O) groups is 1. The van der Waals surface area contributed by atoms with E-state index in [1.165, 1.54) is 5.56 Å². The predicted octanol–water partition coefficient (Wildman–Crippen LogP) is 4.72. The van der Waals surface area contributed by atoms with Gasteiger partial charge in [0.05, 0.1) is 18.8 Å². The Bertz CT molecular complexity index is 904. The molecule has 2 aromatic heterocycles. The zero-order valence-electron chi connectivity index (χ0n) is 17.5. The molecular formula is C25H29N3O2. The molecule has 4 rings (SSSR count). The Morgan fingerprint density at radius 2 is 1.87 bits per heavy atom. The maximum Gasteiger partial charge on any atom is 0.243 e. The van der Waals surface area contributed by atoms with Gasteiger partial charge in [0.1, 0.15) is 11.6 Å². The van der Waals surface area contributed by atoms with Crippen molar-refractivity contribution >= 4 is 11.7 Å². The molecule has 0 saturated carbocycles. The number of rotatable bonds is 7. The van der Waals surface area contributed by atoms with Crippen LogP contribution in [0.3, 0.4) is 0 Å². The van der Waals surface area contributed by atoms with Crippen molar-refractivity contribution in [2.45, 2.75) is 32.2 Å². The number of aromatic nitrogens is 1. The SMILES string of the molecule is C[C@H](c1ccco1)N(C(=O)CN1CCC(Cc2ccccc2)CC1)c1ccccn1. The summed E-state index contributed by atoms with van der Waals surface area (Å²) < 4.78 is 5.57. The number of piperidine rings is 1. The van der Waals surface area contributed by atoms with Gasteiger partial charge >= 0.3 is 0 Å². The van der Waals surface area contributed by atoms with E-state index in [4.69, 9.17) is 4.42 Å². The van der Waals surface area contributed by atoms with Gasteiger partial charge in [0.2, 0.25) is 5.91 Å². The fourth-order valence-corrected chi connectivity index (χ4v) is 4.26. The molecule has 5 nitrogen and oxygen atoms in total. The number of carbonyl (C=O) groups excluding carboxylic acids is 1. The Kier molecular flexibility index (Phi) is 6.60. The molecule has 1 saturated heterocycles. The maximum atomic E-state index is 13.3. The number of furan rings is 1. The zero-order chi connectivity index (χ0) is 20.8. The first-order valence-electron chi connectivity index (χ1n) is 10.7. The number of amides is 1. The largest absolute Gasteiger partial charge is 0.467 e. The monoisotopic (exact) mass is 403 g/mol. The van der Waals surface area contributed by atoms with E-state index in [0.717, 1.165) is 38.1 Å². The van der Waals surface area contributed by atoms with Gasteiger partial charge in [-0.1, -0.05) is 36.4 Å². The lowest BCUT2D eigenvalue weighted by atomic mass is 9.90. The molecule has 1 aromatic carbocycles. The van der Waals surface area contributed by atoms with Crippen LogP contribution in [-0.2, 0) is 11.2 Å². The molecule has 30 heavy (non-hydrogen) atoms. The van der Waals surface area contributed by atoms with Crippen molar-refractivity contribution in [3.63, 3.8) is 0 Å². The number of hydrogen-bond donors (Lipinski definition) is 0. The van der Waals surface area contributed by atoms with Crippen molar-refractivity contribution in [2.75, 3.05) is 24.5 Å². The number of anilines is 1. The smallest absolute Gasteiger partial charge is 0.243 e. The third-order valence-electron chi connectivity index (χ3n) is 5.94. The Hall–Kier alpha value is -2.92. The van der Waals surface area contributed by atoms with Gasteiger partial charge in [-0.05, 0) is 75.0 Å². The Labute approximate surface area is 178 Å².